The molecule has 1 aromatic rings. The molecule has 0 spiro atoms. The monoisotopic (exact) mass is 242 g/mol. The molecule has 1 N–H and O–H groups in total. The highest BCUT2D eigenvalue weighted by Crippen LogP contribution is 2.29. The first-order valence-electron chi connectivity index (χ1n) is 5.29. The lowest BCUT2D eigenvalue weighted by molar-refractivity contribution is -0.137. The highest BCUT2D eigenvalue weighted by Gasteiger charge is 2.30. The van der Waals surface area contributed by atoms with E-state index in [1.54, 1.807) is 0 Å². The molecule has 0 fully saturated rings. The van der Waals surface area contributed by atoms with Crippen molar-refractivity contribution in [1.82, 2.24) is 5.32 Å². The van der Waals surface area contributed by atoms with Gasteiger partial charge in [0.25, 0.3) is 0 Å². The molecule has 1 rings (SSSR count). The predicted octanol–water partition coefficient (Wildman–Crippen LogP) is 3.27. The fourth-order valence-electron chi connectivity index (χ4n) is 1.39. The van der Waals surface area contributed by atoms with E-state index in [2.05, 4.69) is 5.32 Å². The summed E-state index contributed by atoms with van der Waals surface area (Å²) in [6, 6.07) is 6.11. The maximum Gasteiger partial charge on any atom is 0.416 e. The van der Waals surface area contributed by atoms with Crippen molar-refractivity contribution in [3.63, 3.8) is 0 Å². The van der Waals surface area contributed by atoms with Gasteiger partial charge in [0.2, 0.25) is 0 Å². The Hall–Kier alpha value is -1.54. The molecule has 1 atom stereocenters. The zero-order chi connectivity index (χ0) is 12.9. The van der Waals surface area contributed by atoms with Gasteiger partial charge in [-0.2, -0.15) is 18.4 Å². The average molecular weight is 242 g/mol. The van der Waals surface area contributed by atoms with E-state index in [1.807, 2.05) is 13.0 Å². The van der Waals surface area contributed by atoms with Crippen LogP contribution in [-0.2, 0) is 6.18 Å². The lowest BCUT2D eigenvalue weighted by atomic mass is 10.1. The highest BCUT2D eigenvalue weighted by molar-refractivity contribution is 5.29. The number of alkyl halides is 3. The quantitative estimate of drug-likeness (QED) is 0.879. The largest absolute Gasteiger partial charge is 0.416 e. The summed E-state index contributed by atoms with van der Waals surface area (Å²) in [5, 5.41) is 11.9. The van der Waals surface area contributed by atoms with E-state index in [-0.39, 0.29) is 0 Å². The molecular weight excluding hydrogens is 229 g/mol. The number of halogens is 3. The van der Waals surface area contributed by atoms with E-state index in [4.69, 9.17) is 5.26 Å². The molecular formula is C12H13F3N2. The van der Waals surface area contributed by atoms with Gasteiger partial charge in [0.1, 0.15) is 6.04 Å². The highest BCUT2D eigenvalue weighted by atomic mass is 19.4. The molecule has 5 heteroatoms. The summed E-state index contributed by atoms with van der Waals surface area (Å²) >= 11 is 0. The summed E-state index contributed by atoms with van der Waals surface area (Å²) in [5.74, 6) is 0. The lowest BCUT2D eigenvalue weighted by Crippen LogP contribution is -2.20. The fraction of sp³-hybridized carbons (Fsp3) is 0.417. The van der Waals surface area contributed by atoms with Crippen molar-refractivity contribution < 1.29 is 13.2 Å². The normalized spacial score (nSPS) is 13.1. The Morgan fingerprint density at radius 1 is 1.29 bits per heavy atom. The number of nitrogens with zero attached hydrogens (tertiary/aromatic N) is 1. The van der Waals surface area contributed by atoms with Gasteiger partial charge in [0.15, 0.2) is 0 Å². The van der Waals surface area contributed by atoms with Crippen LogP contribution in [0.25, 0.3) is 0 Å². The van der Waals surface area contributed by atoms with Crippen molar-refractivity contribution >= 4 is 0 Å². The molecule has 0 aliphatic rings. The molecule has 17 heavy (non-hydrogen) atoms. The molecule has 0 saturated heterocycles. The molecule has 0 radical (unpaired) electrons. The smallest absolute Gasteiger partial charge is 0.298 e. The van der Waals surface area contributed by atoms with E-state index in [9.17, 15) is 13.2 Å². The Labute approximate surface area is 98.1 Å². The molecule has 2 nitrogen and oxygen atoms in total. The van der Waals surface area contributed by atoms with E-state index in [1.165, 1.54) is 12.1 Å². The van der Waals surface area contributed by atoms with E-state index in [0.717, 1.165) is 18.6 Å². The summed E-state index contributed by atoms with van der Waals surface area (Å²) in [4.78, 5) is 0. The van der Waals surface area contributed by atoms with Crippen LogP contribution in [0.4, 0.5) is 13.2 Å². The van der Waals surface area contributed by atoms with Crippen LogP contribution < -0.4 is 5.32 Å². The van der Waals surface area contributed by atoms with Crippen molar-refractivity contribution in [3.8, 4) is 6.07 Å². The van der Waals surface area contributed by atoms with Gasteiger partial charge in [0, 0.05) is 0 Å². The van der Waals surface area contributed by atoms with Crippen LogP contribution in [-0.4, -0.2) is 6.54 Å². The summed E-state index contributed by atoms with van der Waals surface area (Å²) in [6.45, 7) is 2.60. The molecule has 0 heterocycles. The Bertz CT molecular complexity index is 390. The van der Waals surface area contributed by atoms with Crippen LogP contribution in [0.2, 0.25) is 0 Å². The average Bonchev–Trinajstić information content (AvgIpc) is 2.29. The summed E-state index contributed by atoms with van der Waals surface area (Å²) in [6.07, 6.45) is -3.48. The van der Waals surface area contributed by atoms with Crippen LogP contribution in [0.3, 0.4) is 0 Å². The van der Waals surface area contributed by atoms with Crippen molar-refractivity contribution in [2.75, 3.05) is 6.54 Å². The minimum absolute atomic E-state index is 0.550. The first kappa shape index (κ1) is 13.5. The van der Waals surface area contributed by atoms with E-state index in [0.29, 0.717) is 12.1 Å². The van der Waals surface area contributed by atoms with Crippen LogP contribution in [0, 0.1) is 11.3 Å². The number of hydrogen-bond acceptors (Lipinski definition) is 2. The Balaban J connectivity index is 2.83. The van der Waals surface area contributed by atoms with Gasteiger partial charge in [0.05, 0.1) is 11.6 Å². The SMILES string of the molecule is CCCNC(C#N)c1ccc(C(F)(F)F)cc1. The van der Waals surface area contributed by atoms with Crippen LogP contribution >= 0.6 is 0 Å². The second-order valence-electron chi connectivity index (χ2n) is 3.64. The van der Waals surface area contributed by atoms with Gasteiger partial charge in [-0.15, -0.1) is 0 Å². The van der Waals surface area contributed by atoms with Crippen LogP contribution in [0.15, 0.2) is 24.3 Å². The third kappa shape index (κ3) is 3.75. The summed E-state index contributed by atoms with van der Waals surface area (Å²) in [7, 11) is 0. The Morgan fingerprint density at radius 2 is 1.88 bits per heavy atom. The van der Waals surface area contributed by atoms with E-state index >= 15 is 0 Å². The molecule has 0 amide bonds. The van der Waals surface area contributed by atoms with Crippen molar-refractivity contribution in [2.24, 2.45) is 0 Å². The van der Waals surface area contributed by atoms with Crippen LogP contribution in [0.1, 0.15) is 30.5 Å². The van der Waals surface area contributed by atoms with Crippen molar-refractivity contribution in [1.29, 1.82) is 5.26 Å². The molecule has 1 unspecified atom stereocenters. The standard InChI is InChI=1S/C12H13F3N2/c1-2-7-17-11(8-16)9-3-5-10(6-4-9)12(13,14)15/h3-6,11,17H,2,7H2,1H3. The minimum atomic E-state index is -4.34. The van der Waals surface area contributed by atoms with Crippen molar-refractivity contribution in [2.45, 2.75) is 25.6 Å². The Kier molecular flexibility index (Phi) is 4.53. The maximum atomic E-state index is 12.3. The van der Waals surface area contributed by atoms with Crippen LogP contribution in [0.5, 0.6) is 0 Å². The topological polar surface area (TPSA) is 35.8 Å². The van der Waals surface area contributed by atoms with E-state index < -0.39 is 17.8 Å². The fourth-order valence-corrected chi connectivity index (χ4v) is 1.39. The maximum absolute atomic E-state index is 12.3. The van der Waals surface area contributed by atoms with Gasteiger partial charge in [-0.05, 0) is 30.7 Å². The Morgan fingerprint density at radius 3 is 2.29 bits per heavy atom. The van der Waals surface area contributed by atoms with Gasteiger partial charge >= 0.3 is 6.18 Å². The summed E-state index contributed by atoms with van der Waals surface area (Å²) in [5.41, 5.74) is -0.151. The second kappa shape index (κ2) is 5.69. The van der Waals surface area contributed by atoms with Gasteiger partial charge < -0.3 is 0 Å². The molecule has 92 valence electrons. The molecule has 0 aliphatic carbocycles. The molecule has 0 saturated carbocycles. The first-order valence-corrected chi connectivity index (χ1v) is 5.29. The molecule has 0 aliphatic heterocycles. The zero-order valence-electron chi connectivity index (χ0n) is 9.38. The van der Waals surface area contributed by atoms with Gasteiger partial charge in [-0.25, -0.2) is 0 Å². The number of hydrogen-bond donors (Lipinski definition) is 1. The lowest BCUT2D eigenvalue weighted by Gasteiger charge is -2.12. The molecule has 0 aromatic heterocycles. The molecule has 1 aromatic carbocycles. The third-order valence-corrected chi connectivity index (χ3v) is 2.30. The van der Waals surface area contributed by atoms with Gasteiger partial charge in [-0.1, -0.05) is 19.1 Å². The van der Waals surface area contributed by atoms with Crippen molar-refractivity contribution in [3.05, 3.63) is 35.4 Å². The minimum Gasteiger partial charge on any atom is -0.298 e. The second-order valence-corrected chi connectivity index (χ2v) is 3.64. The van der Waals surface area contributed by atoms with Gasteiger partial charge in [-0.3, -0.25) is 5.32 Å². The molecule has 0 bridgehead atoms. The number of benzene rings is 1. The predicted molar refractivity (Wildman–Crippen MR) is 58.1 cm³/mol. The zero-order valence-corrected chi connectivity index (χ0v) is 9.38. The third-order valence-electron chi connectivity index (χ3n) is 2.30. The number of nitrogens with one attached hydrogen (secondary N) is 1. The number of rotatable bonds is 4. The summed E-state index contributed by atoms with van der Waals surface area (Å²) < 4.78 is 37.0. The first-order chi connectivity index (χ1) is 7.99. The number of nitriles is 1.